The topological polar surface area (TPSA) is 29.1 Å². The third-order valence-corrected chi connectivity index (χ3v) is 6.45. The van der Waals surface area contributed by atoms with Crippen LogP contribution in [0.25, 0.3) is 0 Å². The van der Waals surface area contributed by atoms with Gasteiger partial charge in [-0.25, -0.2) is 0 Å². The first-order valence-corrected chi connectivity index (χ1v) is 10.2. The highest BCUT2D eigenvalue weighted by Crippen LogP contribution is 2.33. The summed E-state index contributed by atoms with van der Waals surface area (Å²) in [6, 6.07) is 0.420. The fourth-order valence-electron chi connectivity index (χ4n) is 4.09. The van der Waals surface area contributed by atoms with Crippen LogP contribution in [0.4, 0.5) is 0 Å². The average molecular weight is 358 g/mol. The molecule has 1 amide bonds. The Balaban J connectivity index is 1.74. The Morgan fingerprint density at radius 3 is 2.48 bits per heavy atom. The van der Waals surface area contributed by atoms with Crippen LogP contribution in [-0.4, -0.2) is 17.3 Å². The molecule has 2 saturated carbocycles. The molecule has 2 nitrogen and oxygen atoms in total. The fraction of sp³-hybridized carbons (Fsp3) is 0.944. The van der Waals surface area contributed by atoms with Gasteiger partial charge in [-0.1, -0.05) is 55.0 Å². The number of hydrogen-bond acceptors (Lipinski definition) is 1. The summed E-state index contributed by atoms with van der Waals surface area (Å²) >= 11 is 3.62. The summed E-state index contributed by atoms with van der Waals surface area (Å²) < 4.78 is 0. The van der Waals surface area contributed by atoms with E-state index in [1.54, 1.807) is 0 Å². The van der Waals surface area contributed by atoms with Crippen LogP contribution >= 0.6 is 15.9 Å². The second-order valence-corrected chi connectivity index (χ2v) is 7.82. The molecule has 0 heterocycles. The molecule has 0 aromatic carbocycles. The molecular weight excluding hydrogens is 326 g/mol. The molecule has 0 aliphatic heterocycles. The van der Waals surface area contributed by atoms with Crippen LogP contribution in [-0.2, 0) is 4.79 Å². The molecule has 2 aliphatic carbocycles. The maximum atomic E-state index is 12.5. The van der Waals surface area contributed by atoms with E-state index in [2.05, 4.69) is 28.2 Å². The van der Waals surface area contributed by atoms with Gasteiger partial charge in [-0.2, -0.15) is 0 Å². The summed E-state index contributed by atoms with van der Waals surface area (Å²) in [6.07, 6.45) is 13.8. The molecule has 21 heavy (non-hydrogen) atoms. The van der Waals surface area contributed by atoms with Crippen LogP contribution in [0.1, 0.15) is 77.6 Å². The van der Waals surface area contributed by atoms with Gasteiger partial charge in [0.05, 0.1) is 0 Å². The van der Waals surface area contributed by atoms with Crippen molar-refractivity contribution in [1.82, 2.24) is 5.32 Å². The number of unbranched alkanes of at least 4 members (excludes halogenated alkanes) is 1. The molecule has 0 radical (unpaired) electrons. The number of rotatable bonds is 6. The van der Waals surface area contributed by atoms with E-state index in [1.807, 2.05) is 0 Å². The van der Waals surface area contributed by atoms with Gasteiger partial charge in [0.2, 0.25) is 5.91 Å². The Hall–Kier alpha value is -0.0500. The lowest BCUT2D eigenvalue weighted by Crippen LogP contribution is -2.45. The van der Waals surface area contributed by atoms with Gasteiger partial charge in [-0.15, -0.1) is 0 Å². The van der Waals surface area contributed by atoms with Gasteiger partial charge >= 0.3 is 0 Å². The predicted molar refractivity (Wildman–Crippen MR) is 92.7 cm³/mol. The number of carbonyl (C=O) groups excluding carboxylic acids is 1. The van der Waals surface area contributed by atoms with E-state index < -0.39 is 0 Å². The van der Waals surface area contributed by atoms with Crippen molar-refractivity contribution in [1.29, 1.82) is 0 Å². The molecule has 2 unspecified atom stereocenters. The smallest absolute Gasteiger partial charge is 0.223 e. The predicted octanol–water partition coefficient (Wildman–Crippen LogP) is 5.05. The molecule has 2 aliphatic rings. The number of carbonyl (C=O) groups is 1. The second-order valence-electron chi connectivity index (χ2n) is 7.17. The van der Waals surface area contributed by atoms with Crippen LogP contribution in [0.15, 0.2) is 0 Å². The molecule has 2 atom stereocenters. The van der Waals surface area contributed by atoms with E-state index in [-0.39, 0.29) is 0 Å². The van der Waals surface area contributed by atoms with Crippen molar-refractivity contribution in [3.63, 3.8) is 0 Å². The van der Waals surface area contributed by atoms with Gasteiger partial charge in [0, 0.05) is 17.3 Å². The van der Waals surface area contributed by atoms with Gasteiger partial charge in [-0.05, 0) is 50.4 Å². The standard InChI is InChI=1S/C18H32BrNO/c1-2-3-6-14-9-11-15(12-10-14)18(21)20-17-8-5-4-7-16(17)13-19/h14-17H,2-13H2,1H3,(H,20,21). The summed E-state index contributed by atoms with van der Waals surface area (Å²) in [4.78, 5) is 12.5. The zero-order valence-electron chi connectivity index (χ0n) is 13.6. The minimum absolute atomic E-state index is 0.292. The first-order chi connectivity index (χ1) is 10.2. The molecule has 0 bridgehead atoms. The molecule has 2 fully saturated rings. The minimum Gasteiger partial charge on any atom is -0.353 e. The highest BCUT2D eigenvalue weighted by atomic mass is 79.9. The maximum absolute atomic E-state index is 12.5. The lowest BCUT2D eigenvalue weighted by Gasteiger charge is -2.34. The van der Waals surface area contributed by atoms with Crippen molar-refractivity contribution < 1.29 is 4.79 Å². The zero-order chi connectivity index (χ0) is 15.1. The molecule has 0 aromatic rings. The van der Waals surface area contributed by atoms with Gasteiger partial charge in [-0.3, -0.25) is 4.79 Å². The highest BCUT2D eigenvalue weighted by Gasteiger charge is 2.30. The highest BCUT2D eigenvalue weighted by molar-refractivity contribution is 9.09. The first kappa shape index (κ1) is 17.3. The van der Waals surface area contributed by atoms with E-state index in [0.29, 0.717) is 23.8 Å². The number of halogens is 1. The molecule has 0 aromatic heterocycles. The van der Waals surface area contributed by atoms with E-state index in [4.69, 9.17) is 0 Å². The monoisotopic (exact) mass is 357 g/mol. The van der Waals surface area contributed by atoms with E-state index in [0.717, 1.165) is 24.1 Å². The summed E-state index contributed by atoms with van der Waals surface area (Å²) in [5.74, 6) is 2.17. The summed E-state index contributed by atoms with van der Waals surface area (Å²) in [7, 11) is 0. The van der Waals surface area contributed by atoms with Gasteiger partial charge in [0.15, 0.2) is 0 Å². The normalized spacial score (nSPS) is 33.6. The number of nitrogens with one attached hydrogen (secondary N) is 1. The SMILES string of the molecule is CCCCC1CCC(C(=O)NC2CCCCC2CBr)CC1. The Labute approximate surface area is 139 Å². The van der Waals surface area contributed by atoms with Crippen LogP contribution in [0, 0.1) is 17.8 Å². The summed E-state index contributed by atoms with van der Waals surface area (Å²) in [5.41, 5.74) is 0. The van der Waals surface area contributed by atoms with E-state index in [9.17, 15) is 4.79 Å². The molecule has 122 valence electrons. The third kappa shape index (κ3) is 5.26. The Morgan fingerprint density at radius 1 is 1.10 bits per heavy atom. The zero-order valence-corrected chi connectivity index (χ0v) is 15.2. The first-order valence-electron chi connectivity index (χ1n) is 9.11. The minimum atomic E-state index is 0.292. The average Bonchev–Trinajstić information content (AvgIpc) is 2.54. The maximum Gasteiger partial charge on any atom is 0.223 e. The molecule has 0 saturated heterocycles. The Bertz CT molecular complexity index is 312. The van der Waals surface area contributed by atoms with Crippen molar-refractivity contribution in [3.8, 4) is 0 Å². The van der Waals surface area contributed by atoms with Crippen molar-refractivity contribution >= 4 is 21.8 Å². The van der Waals surface area contributed by atoms with Crippen molar-refractivity contribution in [2.24, 2.45) is 17.8 Å². The van der Waals surface area contributed by atoms with Crippen molar-refractivity contribution in [2.75, 3.05) is 5.33 Å². The number of hydrogen-bond donors (Lipinski definition) is 1. The van der Waals surface area contributed by atoms with Gasteiger partial charge in [0.1, 0.15) is 0 Å². The Kier molecular flexibility index (Phi) is 7.56. The fourth-order valence-corrected chi connectivity index (χ4v) is 4.86. The largest absolute Gasteiger partial charge is 0.353 e. The lowest BCUT2D eigenvalue weighted by atomic mass is 9.79. The van der Waals surface area contributed by atoms with Crippen LogP contribution < -0.4 is 5.32 Å². The molecule has 2 rings (SSSR count). The summed E-state index contributed by atoms with van der Waals surface area (Å²) in [5, 5.41) is 4.41. The van der Waals surface area contributed by atoms with Crippen molar-refractivity contribution in [3.05, 3.63) is 0 Å². The molecular formula is C18H32BrNO. The van der Waals surface area contributed by atoms with Crippen LogP contribution in [0.5, 0.6) is 0 Å². The van der Waals surface area contributed by atoms with E-state index in [1.165, 1.54) is 57.8 Å². The number of amides is 1. The van der Waals surface area contributed by atoms with Gasteiger partial charge < -0.3 is 5.32 Å². The van der Waals surface area contributed by atoms with Crippen molar-refractivity contribution in [2.45, 2.75) is 83.6 Å². The lowest BCUT2D eigenvalue weighted by molar-refractivity contribution is -0.127. The third-order valence-electron chi connectivity index (χ3n) is 5.62. The Morgan fingerprint density at radius 2 is 1.81 bits per heavy atom. The number of alkyl halides is 1. The van der Waals surface area contributed by atoms with Gasteiger partial charge in [0.25, 0.3) is 0 Å². The quantitative estimate of drug-likeness (QED) is 0.661. The second kappa shape index (κ2) is 9.17. The molecule has 1 N–H and O–H groups in total. The van der Waals surface area contributed by atoms with Crippen LogP contribution in [0.2, 0.25) is 0 Å². The summed E-state index contributed by atoms with van der Waals surface area (Å²) in [6.45, 7) is 2.27. The van der Waals surface area contributed by atoms with E-state index >= 15 is 0 Å². The molecule has 0 spiro atoms. The molecule has 3 heteroatoms. The van der Waals surface area contributed by atoms with Crippen LogP contribution in [0.3, 0.4) is 0 Å².